The zero-order valence-corrected chi connectivity index (χ0v) is 43.8. The average Bonchev–Trinajstić information content (AvgIpc) is 3.35. The highest BCUT2D eigenvalue weighted by Gasteiger charge is 2.22. The first kappa shape index (κ1) is 63.0. The van der Waals surface area contributed by atoms with Crippen molar-refractivity contribution in [2.75, 3.05) is 72.5 Å². The molecule has 1 aliphatic heterocycles. The van der Waals surface area contributed by atoms with Gasteiger partial charge in [0.05, 0.1) is 39.0 Å². The summed E-state index contributed by atoms with van der Waals surface area (Å²) in [6, 6.07) is 0. The molecule has 3 atom stereocenters. The van der Waals surface area contributed by atoms with Crippen LogP contribution < -0.4 is 0 Å². The highest BCUT2D eigenvalue weighted by atomic mass is 16.7. The number of rotatable bonds is 46. The highest BCUT2D eigenvalue weighted by Crippen LogP contribution is 2.18. The van der Waals surface area contributed by atoms with Gasteiger partial charge in [0.15, 0.2) is 12.6 Å². The van der Waals surface area contributed by atoms with Crippen LogP contribution in [0.15, 0.2) is 48.6 Å². The second-order valence-corrected chi connectivity index (χ2v) is 18.1. The maximum absolute atomic E-state index is 13.0. The lowest BCUT2D eigenvalue weighted by Gasteiger charge is -2.31. The molecule has 68 heavy (non-hydrogen) atoms. The number of esters is 2. The number of allylic oxidation sites excluding steroid dienone is 4. The van der Waals surface area contributed by atoms with Crippen LogP contribution in [0.25, 0.3) is 0 Å². The molecule has 1 heterocycles. The molecule has 0 aromatic rings. The van der Waals surface area contributed by atoms with Crippen molar-refractivity contribution in [2.24, 2.45) is 11.8 Å². The van der Waals surface area contributed by atoms with E-state index >= 15 is 0 Å². The van der Waals surface area contributed by atoms with Gasteiger partial charge < -0.3 is 42.8 Å². The van der Waals surface area contributed by atoms with Gasteiger partial charge in [0.25, 0.3) is 0 Å². The Balaban J connectivity index is 2.70. The van der Waals surface area contributed by atoms with Gasteiger partial charge in [-0.1, -0.05) is 128 Å². The number of hydrogen-bond acceptors (Lipinski definition) is 12. The number of carbonyl (C=O) groups excluding carboxylic acids is 3. The number of likely N-dealkylation sites (tertiary alicyclic amines) is 1. The minimum absolute atomic E-state index is 0.0579. The molecular formula is C56H99NO11. The molecule has 0 radical (unpaired) electrons. The summed E-state index contributed by atoms with van der Waals surface area (Å²) in [4.78, 5) is 40.9. The third-order valence-corrected chi connectivity index (χ3v) is 11.7. The van der Waals surface area contributed by atoms with E-state index in [2.05, 4.69) is 88.1 Å². The zero-order chi connectivity index (χ0) is 49.4. The summed E-state index contributed by atoms with van der Waals surface area (Å²) in [5.74, 6) is -1.02. The molecule has 0 aromatic carbocycles. The van der Waals surface area contributed by atoms with Crippen molar-refractivity contribution < 1.29 is 52.3 Å². The smallest absolute Gasteiger partial charge is 0.465 e. The van der Waals surface area contributed by atoms with Gasteiger partial charge in [0, 0.05) is 25.3 Å². The maximum Gasteiger partial charge on any atom is 0.508 e. The van der Waals surface area contributed by atoms with Gasteiger partial charge in [-0.25, -0.2) is 4.79 Å². The monoisotopic (exact) mass is 962 g/mol. The maximum atomic E-state index is 13.0. The van der Waals surface area contributed by atoms with E-state index in [0.717, 1.165) is 103 Å². The molecule has 1 rings (SSSR count). The highest BCUT2D eigenvalue weighted by molar-refractivity contribution is 5.69. The van der Waals surface area contributed by atoms with E-state index in [1.165, 1.54) is 38.5 Å². The summed E-state index contributed by atoms with van der Waals surface area (Å²) >= 11 is 0. The molecular weight excluding hydrogens is 863 g/mol. The van der Waals surface area contributed by atoms with Crippen LogP contribution in [0.1, 0.15) is 195 Å². The van der Waals surface area contributed by atoms with E-state index in [0.29, 0.717) is 52.1 Å². The zero-order valence-electron chi connectivity index (χ0n) is 43.8. The largest absolute Gasteiger partial charge is 0.508 e. The number of hydrogen-bond donors (Lipinski definition) is 0. The Morgan fingerprint density at radius 2 is 0.926 bits per heavy atom. The first-order chi connectivity index (χ1) is 33.3. The van der Waals surface area contributed by atoms with E-state index in [9.17, 15) is 14.4 Å². The molecule has 12 heteroatoms. The summed E-state index contributed by atoms with van der Waals surface area (Å²) in [7, 11) is 0. The molecule has 0 aromatic heterocycles. The number of ether oxygens (including phenoxy) is 8. The van der Waals surface area contributed by atoms with Gasteiger partial charge in [-0.15, -0.1) is 0 Å². The van der Waals surface area contributed by atoms with Gasteiger partial charge in [-0.3, -0.25) is 9.59 Å². The Morgan fingerprint density at radius 3 is 1.35 bits per heavy atom. The average molecular weight is 962 g/mol. The first-order valence-electron chi connectivity index (χ1n) is 27.2. The molecule has 1 fully saturated rings. The predicted molar refractivity (Wildman–Crippen MR) is 274 cm³/mol. The van der Waals surface area contributed by atoms with E-state index in [1.807, 2.05) is 0 Å². The minimum Gasteiger partial charge on any atom is -0.465 e. The van der Waals surface area contributed by atoms with Crippen LogP contribution in [0.3, 0.4) is 0 Å². The van der Waals surface area contributed by atoms with Crippen LogP contribution in [0.2, 0.25) is 0 Å². The van der Waals surface area contributed by atoms with Crippen LogP contribution in [-0.4, -0.2) is 108 Å². The van der Waals surface area contributed by atoms with Crippen LogP contribution in [-0.2, 0) is 47.5 Å². The normalized spacial score (nSPS) is 15.6. The van der Waals surface area contributed by atoms with Crippen molar-refractivity contribution in [3.8, 4) is 0 Å². The SMILES string of the molecule is CCC/C=C\CCOC(CCCCC(=O)OCC(COC(=O)CCCCC(OCC/C=C\CCCC)OCC/C=C\CCCC)COC(=O)OCC1CCCN(CC)C1)OCC/C=C\CCCC. The molecule has 0 aliphatic carbocycles. The molecule has 12 nitrogen and oxygen atoms in total. The lowest BCUT2D eigenvalue weighted by molar-refractivity contribution is -0.152. The van der Waals surface area contributed by atoms with E-state index in [1.54, 1.807) is 0 Å². The fraction of sp³-hybridized carbons (Fsp3) is 0.804. The molecule has 0 spiro atoms. The minimum atomic E-state index is -0.774. The summed E-state index contributed by atoms with van der Waals surface area (Å²) in [5.41, 5.74) is 0. The molecule has 1 aliphatic rings. The van der Waals surface area contributed by atoms with Crippen molar-refractivity contribution in [3.63, 3.8) is 0 Å². The third kappa shape index (κ3) is 39.8. The van der Waals surface area contributed by atoms with Gasteiger partial charge >= 0.3 is 18.1 Å². The lowest BCUT2D eigenvalue weighted by Crippen LogP contribution is -2.37. The fourth-order valence-electron chi connectivity index (χ4n) is 7.43. The quantitative estimate of drug-likeness (QED) is 0.0189. The number of carbonyl (C=O) groups is 3. The summed E-state index contributed by atoms with van der Waals surface area (Å²) in [6.45, 7) is 16.2. The molecule has 1 saturated heterocycles. The molecule has 394 valence electrons. The topological polar surface area (TPSA) is 128 Å². The van der Waals surface area contributed by atoms with Crippen molar-refractivity contribution in [2.45, 2.75) is 208 Å². The van der Waals surface area contributed by atoms with Crippen LogP contribution in [0, 0.1) is 11.8 Å². The fourth-order valence-corrected chi connectivity index (χ4v) is 7.43. The van der Waals surface area contributed by atoms with Gasteiger partial charge in [0.2, 0.25) is 0 Å². The Kier molecular flexibility index (Phi) is 44.1. The second kappa shape index (κ2) is 47.6. The molecule has 0 saturated carbocycles. The van der Waals surface area contributed by atoms with Gasteiger partial charge in [-0.2, -0.15) is 0 Å². The second-order valence-electron chi connectivity index (χ2n) is 18.1. The summed E-state index contributed by atoms with van der Waals surface area (Å²) in [5, 5.41) is 0. The van der Waals surface area contributed by atoms with Crippen molar-refractivity contribution in [3.05, 3.63) is 48.6 Å². The standard InChI is InChI=1S/C56H99NO11/c1-6-11-15-19-23-31-42-62-54(61-41-30-22-18-14-9-4)38-28-26-36-52(58)65-47-51(49-68-56(60)67-46-50-35-34-40-57(10-5)45-50)48-66-53(59)37-27-29-39-55(63-43-32-24-20-16-12-7-2)64-44-33-25-21-17-13-8-3/h18-25,50-51,54-55H,6-17,26-49H2,1-5H3/b22-18-,23-19-,24-20-,25-21-. The van der Waals surface area contributed by atoms with Gasteiger partial charge in [-0.05, 0) is 116 Å². The lowest BCUT2D eigenvalue weighted by atomic mass is 9.99. The van der Waals surface area contributed by atoms with E-state index in [4.69, 9.17) is 37.9 Å². The predicted octanol–water partition coefficient (Wildman–Crippen LogP) is 13.6. The molecule has 3 unspecified atom stereocenters. The number of nitrogens with zero attached hydrogens (tertiary/aromatic N) is 1. The molecule has 0 N–H and O–H groups in total. The third-order valence-electron chi connectivity index (χ3n) is 11.7. The van der Waals surface area contributed by atoms with Crippen molar-refractivity contribution in [1.29, 1.82) is 0 Å². The van der Waals surface area contributed by atoms with Crippen molar-refractivity contribution >= 4 is 18.1 Å². The Labute approximate surface area is 414 Å². The Bertz CT molecular complexity index is 1280. The van der Waals surface area contributed by atoms with Crippen LogP contribution >= 0.6 is 0 Å². The Morgan fingerprint density at radius 1 is 0.500 bits per heavy atom. The van der Waals surface area contributed by atoms with Crippen molar-refractivity contribution in [1.82, 2.24) is 4.90 Å². The summed E-state index contributed by atoms with van der Waals surface area (Å²) < 4.78 is 46.7. The number of unbranched alkanes of at least 4 members (excludes halogenated alkanes) is 9. The molecule has 0 bridgehead atoms. The van der Waals surface area contributed by atoms with Crippen LogP contribution in [0.4, 0.5) is 4.79 Å². The van der Waals surface area contributed by atoms with E-state index in [-0.39, 0.29) is 69.7 Å². The Hall–Kier alpha value is -3.03. The van der Waals surface area contributed by atoms with Gasteiger partial charge in [0.1, 0.15) is 19.8 Å². The molecule has 0 amide bonds. The first-order valence-corrected chi connectivity index (χ1v) is 27.2. The van der Waals surface area contributed by atoms with Crippen LogP contribution in [0.5, 0.6) is 0 Å². The number of piperidine rings is 1. The summed E-state index contributed by atoms with van der Waals surface area (Å²) in [6.07, 6.45) is 38.5. The van der Waals surface area contributed by atoms with E-state index < -0.39 is 12.1 Å².